The SMILES string of the molecule is O=C1C(=O)N(Cc2ccco2)[C@@H](c2ccc(Cl)cc2Cl)C1=C(O)c1cccc([N+](=O)[O-])c1. The van der Waals surface area contributed by atoms with Gasteiger partial charge in [0.15, 0.2) is 0 Å². The number of nitro benzene ring substituents is 1. The van der Waals surface area contributed by atoms with Gasteiger partial charge in [-0.25, -0.2) is 0 Å². The molecular weight excluding hydrogens is 459 g/mol. The van der Waals surface area contributed by atoms with Crippen molar-refractivity contribution in [3.05, 3.63) is 103 Å². The van der Waals surface area contributed by atoms with Crippen LogP contribution in [0.15, 0.2) is 70.9 Å². The molecule has 0 radical (unpaired) electrons. The van der Waals surface area contributed by atoms with Crippen LogP contribution in [0.1, 0.15) is 22.9 Å². The molecule has 162 valence electrons. The average molecular weight is 473 g/mol. The topological polar surface area (TPSA) is 114 Å². The number of likely N-dealkylation sites (tertiary alicyclic amines) is 1. The summed E-state index contributed by atoms with van der Waals surface area (Å²) in [5, 5.41) is 22.7. The Kier molecular flexibility index (Phi) is 5.73. The predicted octanol–water partition coefficient (Wildman–Crippen LogP) is 5.12. The molecule has 10 heteroatoms. The first-order valence-electron chi connectivity index (χ1n) is 9.28. The van der Waals surface area contributed by atoms with Gasteiger partial charge in [-0.2, -0.15) is 0 Å². The number of benzene rings is 2. The number of ketones is 1. The minimum absolute atomic E-state index is 0.0188. The van der Waals surface area contributed by atoms with Crippen molar-refractivity contribution in [3.63, 3.8) is 0 Å². The highest BCUT2D eigenvalue weighted by Crippen LogP contribution is 2.43. The minimum atomic E-state index is -1.07. The number of aliphatic hydroxyl groups excluding tert-OH is 1. The summed E-state index contributed by atoms with van der Waals surface area (Å²) < 4.78 is 5.32. The lowest BCUT2D eigenvalue weighted by Gasteiger charge is -2.25. The molecule has 1 aliphatic rings. The Morgan fingerprint density at radius 2 is 1.91 bits per heavy atom. The number of carbonyl (C=O) groups excluding carboxylic acids is 2. The number of aliphatic hydroxyl groups is 1. The van der Waals surface area contributed by atoms with Gasteiger partial charge in [0.25, 0.3) is 17.4 Å². The Labute approximate surface area is 191 Å². The number of rotatable bonds is 5. The monoisotopic (exact) mass is 472 g/mol. The highest BCUT2D eigenvalue weighted by Gasteiger charge is 2.47. The quantitative estimate of drug-likeness (QED) is 0.181. The average Bonchev–Trinajstić information content (AvgIpc) is 3.36. The number of hydrogen-bond donors (Lipinski definition) is 1. The van der Waals surface area contributed by atoms with E-state index in [1.165, 1.54) is 35.4 Å². The molecule has 32 heavy (non-hydrogen) atoms. The molecule has 2 heterocycles. The van der Waals surface area contributed by atoms with Crippen LogP contribution in [0, 0.1) is 10.1 Å². The van der Waals surface area contributed by atoms with E-state index in [0.29, 0.717) is 16.3 Å². The molecule has 1 saturated heterocycles. The zero-order valence-electron chi connectivity index (χ0n) is 16.2. The van der Waals surface area contributed by atoms with Gasteiger partial charge >= 0.3 is 0 Å². The van der Waals surface area contributed by atoms with Crippen molar-refractivity contribution in [1.82, 2.24) is 4.90 Å². The lowest BCUT2D eigenvalue weighted by molar-refractivity contribution is -0.384. The van der Waals surface area contributed by atoms with E-state index in [9.17, 15) is 24.8 Å². The molecule has 1 atom stereocenters. The van der Waals surface area contributed by atoms with Crippen LogP contribution in [0.3, 0.4) is 0 Å². The maximum absolute atomic E-state index is 13.0. The Balaban J connectivity index is 1.91. The number of carbonyl (C=O) groups is 2. The number of halogens is 2. The van der Waals surface area contributed by atoms with Gasteiger partial charge in [0.05, 0.1) is 29.3 Å². The van der Waals surface area contributed by atoms with Crippen molar-refractivity contribution >= 4 is 46.3 Å². The molecular formula is C22H14Cl2N2O6. The Morgan fingerprint density at radius 1 is 1.12 bits per heavy atom. The molecule has 4 rings (SSSR count). The van der Waals surface area contributed by atoms with Gasteiger partial charge < -0.3 is 14.4 Å². The number of hydrogen-bond acceptors (Lipinski definition) is 6. The first-order chi connectivity index (χ1) is 15.3. The highest BCUT2D eigenvalue weighted by atomic mass is 35.5. The van der Waals surface area contributed by atoms with E-state index in [1.807, 2.05) is 0 Å². The second-order valence-electron chi connectivity index (χ2n) is 6.98. The van der Waals surface area contributed by atoms with Crippen molar-refractivity contribution in [2.75, 3.05) is 0 Å². The first kappa shape index (κ1) is 21.6. The van der Waals surface area contributed by atoms with Gasteiger partial charge in [-0.1, -0.05) is 41.4 Å². The van der Waals surface area contributed by atoms with Crippen LogP contribution in [0.5, 0.6) is 0 Å². The number of nitro groups is 1. The maximum atomic E-state index is 13.0. The molecule has 0 saturated carbocycles. The van der Waals surface area contributed by atoms with Crippen molar-refractivity contribution in [2.45, 2.75) is 12.6 Å². The molecule has 0 aliphatic carbocycles. The van der Waals surface area contributed by atoms with Crippen molar-refractivity contribution in [1.29, 1.82) is 0 Å². The zero-order chi connectivity index (χ0) is 23.0. The van der Waals surface area contributed by atoms with E-state index >= 15 is 0 Å². The van der Waals surface area contributed by atoms with Gasteiger partial charge in [0.2, 0.25) is 0 Å². The van der Waals surface area contributed by atoms with E-state index in [1.54, 1.807) is 24.3 Å². The highest BCUT2D eigenvalue weighted by molar-refractivity contribution is 6.47. The minimum Gasteiger partial charge on any atom is -0.507 e. The molecule has 1 aliphatic heterocycles. The number of non-ortho nitro benzene ring substituents is 1. The van der Waals surface area contributed by atoms with Gasteiger partial charge in [0, 0.05) is 27.7 Å². The fourth-order valence-electron chi connectivity index (χ4n) is 3.58. The molecule has 1 aromatic heterocycles. The lowest BCUT2D eigenvalue weighted by Crippen LogP contribution is -2.29. The van der Waals surface area contributed by atoms with E-state index < -0.39 is 28.4 Å². The van der Waals surface area contributed by atoms with Crippen molar-refractivity contribution < 1.29 is 24.0 Å². The Morgan fingerprint density at radius 3 is 2.56 bits per heavy atom. The maximum Gasteiger partial charge on any atom is 0.296 e. The van der Waals surface area contributed by atoms with E-state index in [4.69, 9.17) is 27.6 Å². The summed E-state index contributed by atoms with van der Waals surface area (Å²) in [4.78, 5) is 37.7. The normalized spacial score (nSPS) is 17.7. The van der Waals surface area contributed by atoms with E-state index in [-0.39, 0.29) is 28.4 Å². The fourth-order valence-corrected chi connectivity index (χ4v) is 4.09. The van der Waals surface area contributed by atoms with Crippen LogP contribution >= 0.6 is 23.2 Å². The third-order valence-corrected chi connectivity index (χ3v) is 5.60. The molecule has 0 bridgehead atoms. The second kappa shape index (κ2) is 8.49. The summed E-state index contributed by atoms with van der Waals surface area (Å²) in [7, 11) is 0. The fraction of sp³-hybridized carbons (Fsp3) is 0.0909. The number of nitrogens with zero attached hydrogens (tertiary/aromatic N) is 2. The van der Waals surface area contributed by atoms with Gasteiger partial charge in [-0.3, -0.25) is 19.7 Å². The van der Waals surface area contributed by atoms with Gasteiger partial charge in [-0.05, 0) is 29.8 Å². The number of Topliss-reactive ketones (excluding diaryl/α,β-unsaturated/α-hetero) is 1. The van der Waals surface area contributed by atoms with Crippen molar-refractivity contribution in [2.24, 2.45) is 0 Å². The summed E-state index contributed by atoms with van der Waals surface area (Å²) in [6.07, 6.45) is 1.43. The van der Waals surface area contributed by atoms with Crippen LogP contribution < -0.4 is 0 Å². The molecule has 8 nitrogen and oxygen atoms in total. The summed E-state index contributed by atoms with van der Waals surface area (Å²) in [5.41, 5.74) is -0.148. The molecule has 0 unspecified atom stereocenters. The standard InChI is InChI=1S/C22H14Cl2N2O6/c23-13-6-7-16(17(24)10-13)19-18(20(27)12-3-1-4-14(9-12)26(30)31)21(28)22(29)25(19)11-15-5-2-8-32-15/h1-10,19,27H,11H2/t19-/m0/s1. The number of furan rings is 1. The molecule has 2 aromatic carbocycles. The predicted molar refractivity (Wildman–Crippen MR) is 116 cm³/mol. The molecule has 3 aromatic rings. The van der Waals surface area contributed by atoms with Crippen LogP contribution in [0.25, 0.3) is 5.76 Å². The Bertz CT molecular complexity index is 1270. The third kappa shape index (κ3) is 3.86. The molecule has 1 fully saturated rings. The lowest BCUT2D eigenvalue weighted by atomic mass is 9.95. The Hall–Kier alpha value is -3.62. The zero-order valence-corrected chi connectivity index (χ0v) is 17.7. The summed E-state index contributed by atoms with van der Waals surface area (Å²) in [6.45, 7) is -0.0626. The molecule has 1 N–H and O–H groups in total. The first-order valence-corrected chi connectivity index (χ1v) is 10.0. The summed E-state index contributed by atoms with van der Waals surface area (Å²) >= 11 is 12.4. The van der Waals surface area contributed by atoms with Gasteiger partial charge in [-0.15, -0.1) is 0 Å². The smallest absolute Gasteiger partial charge is 0.296 e. The summed E-state index contributed by atoms with van der Waals surface area (Å²) in [5.74, 6) is -1.96. The van der Waals surface area contributed by atoms with Crippen LogP contribution in [0.4, 0.5) is 5.69 Å². The van der Waals surface area contributed by atoms with E-state index in [2.05, 4.69) is 0 Å². The number of amides is 1. The van der Waals surface area contributed by atoms with E-state index in [0.717, 1.165) is 6.07 Å². The second-order valence-corrected chi connectivity index (χ2v) is 7.82. The van der Waals surface area contributed by atoms with Crippen LogP contribution in [0.2, 0.25) is 10.0 Å². The third-order valence-electron chi connectivity index (χ3n) is 5.03. The van der Waals surface area contributed by atoms with Crippen molar-refractivity contribution in [3.8, 4) is 0 Å². The van der Waals surface area contributed by atoms with Gasteiger partial charge in [0.1, 0.15) is 11.5 Å². The molecule has 0 spiro atoms. The summed E-state index contributed by atoms with van der Waals surface area (Å²) in [6, 6.07) is 11.9. The van der Waals surface area contributed by atoms with Crippen LogP contribution in [-0.4, -0.2) is 26.6 Å². The largest absolute Gasteiger partial charge is 0.507 e. The van der Waals surface area contributed by atoms with Crippen LogP contribution in [-0.2, 0) is 16.1 Å². The molecule has 1 amide bonds.